The Balaban J connectivity index is 2.00. The second kappa shape index (κ2) is 5.11. The van der Waals surface area contributed by atoms with Crippen molar-refractivity contribution in [2.75, 3.05) is 6.61 Å². The van der Waals surface area contributed by atoms with Gasteiger partial charge in [-0.3, -0.25) is 0 Å². The van der Waals surface area contributed by atoms with Gasteiger partial charge in [0.15, 0.2) is 6.04 Å². The average molecular weight is 258 g/mol. The quantitative estimate of drug-likeness (QED) is 0.526. The van der Waals surface area contributed by atoms with Crippen LogP contribution < -0.4 is 5.32 Å². The van der Waals surface area contributed by atoms with Gasteiger partial charge in [0, 0.05) is 12.1 Å². The Morgan fingerprint density at radius 2 is 1.83 bits per heavy atom. The van der Waals surface area contributed by atoms with Gasteiger partial charge in [-0.05, 0) is 25.7 Å². The fraction of sp³-hybridized carbons (Fsp3) is 0.818. The molecule has 4 N–H and O–H groups in total. The number of fused-ring (bicyclic) bond motifs is 2. The molecule has 0 saturated carbocycles. The first-order valence-electron chi connectivity index (χ1n) is 6.13. The largest absolute Gasteiger partial charge is 0.480 e. The molecule has 2 bridgehead atoms. The molecule has 3 atom stereocenters. The van der Waals surface area contributed by atoms with Gasteiger partial charge >= 0.3 is 12.0 Å². The maximum atomic E-state index is 12.0. The molecule has 0 aromatic carbocycles. The summed E-state index contributed by atoms with van der Waals surface area (Å²) in [6, 6.07) is -1.78. The molecular weight excluding hydrogens is 240 g/mol. The van der Waals surface area contributed by atoms with Crippen LogP contribution >= 0.6 is 0 Å². The van der Waals surface area contributed by atoms with Crippen LogP contribution in [0.4, 0.5) is 4.79 Å². The number of hydrogen-bond donors (Lipinski definition) is 4. The van der Waals surface area contributed by atoms with Crippen molar-refractivity contribution in [2.24, 2.45) is 0 Å². The lowest BCUT2D eigenvalue weighted by Gasteiger charge is -2.37. The lowest BCUT2D eigenvalue weighted by Crippen LogP contribution is -2.55. The number of carbonyl (C=O) groups is 2. The maximum absolute atomic E-state index is 12.0. The molecule has 2 aliphatic rings. The van der Waals surface area contributed by atoms with E-state index in [0.29, 0.717) is 12.8 Å². The van der Waals surface area contributed by atoms with Crippen molar-refractivity contribution in [3.8, 4) is 0 Å². The molecule has 102 valence electrons. The van der Waals surface area contributed by atoms with Gasteiger partial charge in [-0.1, -0.05) is 0 Å². The zero-order valence-electron chi connectivity index (χ0n) is 9.95. The summed E-state index contributed by atoms with van der Waals surface area (Å²) in [5.74, 6) is -1.25. The molecule has 2 heterocycles. The van der Waals surface area contributed by atoms with E-state index in [4.69, 9.17) is 10.2 Å². The van der Waals surface area contributed by atoms with E-state index in [9.17, 15) is 14.7 Å². The van der Waals surface area contributed by atoms with Crippen LogP contribution in [-0.2, 0) is 4.79 Å². The number of carboxylic acids is 1. The Hall–Kier alpha value is -1.34. The summed E-state index contributed by atoms with van der Waals surface area (Å²) in [4.78, 5) is 24.4. The summed E-state index contributed by atoms with van der Waals surface area (Å²) >= 11 is 0. The van der Waals surface area contributed by atoms with E-state index in [-0.39, 0.29) is 18.2 Å². The SMILES string of the molecule is O=C(O)C(CO)NC(=O)N1C2CCC1CC(O)C2. The summed E-state index contributed by atoms with van der Waals surface area (Å²) < 4.78 is 0. The lowest BCUT2D eigenvalue weighted by molar-refractivity contribution is -0.140. The summed E-state index contributed by atoms with van der Waals surface area (Å²) in [6.45, 7) is -0.632. The molecule has 2 rings (SSSR count). The number of nitrogens with zero attached hydrogens (tertiary/aromatic N) is 1. The number of hydrogen-bond acceptors (Lipinski definition) is 4. The number of aliphatic hydroxyl groups is 2. The number of amides is 2. The number of nitrogens with one attached hydrogen (secondary N) is 1. The highest BCUT2D eigenvalue weighted by molar-refractivity contribution is 5.83. The number of carbonyl (C=O) groups excluding carboxylic acids is 1. The third kappa shape index (κ3) is 2.41. The van der Waals surface area contributed by atoms with Crippen molar-refractivity contribution in [3.63, 3.8) is 0 Å². The molecule has 2 fully saturated rings. The van der Waals surface area contributed by atoms with Gasteiger partial charge in [0.1, 0.15) is 0 Å². The minimum absolute atomic E-state index is 0.0214. The first-order valence-corrected chi connectivity index (χ1v) is 6.13. The summed E-state index contributed by atoms with van der Waals surface area (Å²) in [5.41, 5.74) is 0. The maximum Gasteiger partial charge on any atom is 0.328 e. The number of aliphatic carboxylic acids is 1. The van der Waals surface area contributed by atoms with Crippen LogP contribution in [0.1, 0.15) is 25.7 Å². The summed E-state index contributed by atoms with van der Waals surface area (Å²) in [5, 5.41) is 29.6. The number of carboxylic acid groups (broad SMARTS) is 1. The Labute approximate surface area is 104 Å². The molecule has 2 aliphatic heterocycles. The molecule has 0 aliphatic carbocycles. The Morgan fingerprint density at radius 1 is 1.28 bits per heavy atom. The topological polar surface area (TPSA) is 110 Å². The van der Waals surface area contributed by atoms with Crippen molar-refractivity contribution >= 4 is 12.0 Å². The van der Waals surface area contributed by atoms with E-state index >= 15 is 0 Å². The number of piperidine rings is 1. The fourth-order valence-electron chi connectivity index (χ4n) is 2.89. The molecule has 2 amide bonds. The number of aliphatic hydroxyl groups excluding tert-OH is 2. The Kier molecular flexibility index (Phi) is 3.72. The molecule has 7 heteroatoms. The molecule has 0 aromatic heterocycles. The van der Waals surface area contributed by atoms with Crippen molar-refractivity contribution in [1.29, 1.82) is 0 Å². The van der Waals surface area contributed by atoms with Crippen molar-refractivity contribution < 1.29 is 24.9 Å². The van der Waals surface area contributed by atoms with Crippen LogP contribution in [0.2, 0.25) is 0 Å². The molecular formula is C11H18N2O5. The molecule has 0 aromatic rings. The second-order valence-electron chi connectivity index (χ2n) is 4.94. The van der Waals surface area contributed by atoms with Gasteiger partial charge in [0.25, 0.3) is 0 Å². The van der Waals surface area contributed by atoms with Gasteiger partial charge in [-0.2, -0.15) is 0 Å². The second-order valence-corrected chi connectivity index (χ2v) is 4.94. The minimum Gasteiger partial charge on any atom is -0.480 e. The summed E-state index contributed by atoms with van der Waals surface area (Å²) in [6.07, 6.45) is 2.39. The Morgan fingerprint density at radius 3 is 2.28 bits per heavy atom. The normalized spacial score (nSPS) is 32.1. The van der Waals surface area contributed by atoms with Crippen molar-refractivity contribution in [1.82, 2.24) is 10.2 Å². The van der Waals surface area contributed by atoms with E-state index in [0.717, 1.165) is 12.8 Å². The molecule has 3 unspecified atom stereocenters. The zero-order valence-corrected chi connectivity index (χ0v) is 9.95. The third-order valence-electron chi connectivity index (χ3n) is 3.72. The van der Waals surface area contributed by atoms with Crippen LogP contribution in [0.25, 0.3) is 0 Å². The van der Waals surface area contributed by atoms with Crippen LogP contribution in [0, 0.1) is 0 Å². The third-order valence-corrected chi connectivity index (χ3v) is 3.72. The van der Waals surface area contributed by atoms with E-state index in [1.165, 1.54) is 0 Å². The van der Waals surface area contributed by atoms with Gasteiger partial charge in [-0.25, -0.2) is 9.59 Å². The molecule has 0 spiro atoms. The highest BCUT2D eigenvalue weighted by Crippen LogP contribution is 2.35. The monoisotopic (exact) mass is 258 g/mol. The van der Waals surface area contributed by atoms with Gasteiger partial charge in [-0.15, -0.1) is 0 Å². The molecule has 2 saturated heterocycles. The van der Waals surface area contributed by atoms with Gasteiger partial charge < -0.3 is 25.5 Å². The number of urea groups is 1. The zero-order chi connectivity index (χ0) is 13.3. The van der Waals surface area contributed by atoms with Crippen LogP contribution in [-0.4, -0.2) is 63.1 Å². The molecule has 0 radical (unpaired) electrons. The van der Waals surface area contributed by atoms with Crippen LogP contribution in [0.15, 0.2) is 0 Å². The minimum atomic E-state index is -1.27. The predicted molar refractivity (Wildman–Crippen MR) is 60.9 cm³/mol. The highest BCUT2D eigenvalue weighted by atomic mass is 16.4. The summed E-state index contributed by atoms with van der Waals surface area (Å²) in [7, 11) is 0. The standard InChI is InChI=1S/C11H18N2O5/c14-5-9(10(16)17)12-11(18)13-6-1-2-7(13)4-8(15)3-6/h6-9,14-15H,1-5H2,(H,12,18)(H,16,17). The molecule has 7 nitrogen and oxygen atoms in total. The molecule has 18 heavy (non-hydrogen) atoms. The first-order chi connectivity index (χ1) is 8.52. The van der Waals surface area contributed by atoms with Crippen molar-refractivity contribution in [3.05, 3.63) is 0 Å². The smallest absolute Gasteiger partial charge is 0.328 e. The van der Waals surface area contributed by atoms with Crippen LogP contribution in [0.5, 0.6) is 0 Å². The highest BCUT2D eigenvalue weighted by Gasteiger charge is 2.43. The van der Waals surface area contributed by atoms with Crippen molar-refractivity contribution in [2.45, 2.75) is 49.9 Å². The lowest BCUT2D eigenvalue weighted by atomic mass is 10.0. The number of rotatable bonds is 3. The van der Waals surface area contributed by atoms with Crippen LogP contribution in [0.3, 0.4) is 0 Å². The fourth-order valence-corrected chi connectivity index (χ4v) is 2.89. The Bertz CT molecular complexity index is 334. The van der Waals surface area contributed by atoms with E-state index in [2.05, 4.69) is 5.32 Å². The van der Waals surface area contributed by atoms with E-state index < -0.39 is 24.6 Å². The first kappa shape index (κ1) is 13.1. The van der Waals surface area contributed by atoms with Gasteiger partial charge in [0.2, 0.25) is 0 Å². The van der Waals surface area contributed by atoms with E-state index in [1.54, 1.807) is 4.90 Å². The average Bonchev–Trinajstić information content (AvgIpc) is 2.58. The predicted octanol–water partition coefficient (Wildman–Crippen LogP) is -0.871. The van der Waals surface area contributed by atoms with E-state index in [1.807, 2.05) is 0 Å². The van der Waals surface area contributed by atoms with Gasteiger partial charge in [0.05, 0.1) is 12.7 Å².